The van der Waals surface area contributed by atoms with Gasteiger partial charge in [0.1, 0.15) is 5.65 Å². The third-order valence-electron chi connectivity index (χ3n) is 7.59. The zero-order valence-electron chi connectivity index (χ0n) is 20.8. The lowest BCUT2D eigenvalue weighted by Crippen LogP contribution is -2.33. The van der Waals surface area contributed by atoms with Gasteiger partial charge in [0.2, 0.25) is 0 Å². The summed E-state index contributed by atoms with van der Waals surface area (Å²) in [6, 6.07) is 13.0. The predicted molar refractivity (Wildman–Crippen MR) is 143 cm³/mol. The average molecular weight is 549 g/mol. The highest BCUT2D eigenvalue weighted by Gasteiger charge is 2.51. The standard InChI is InChI=1S/C28H25FN4O5S/c29-24-20(4-3-5-23(24)32-39(37,38)33-12-1-2-13-33)25(34)22-16-31-26-21(22)14-18(15-30-26)17-6-8-19(9-7-17)28(10-11-28)27(35)36/h3-9,14-16,32H,1-2,10-13H2,(H,30,31)(H,35,36). The predicted octanol–water partition coefficient (Wildman–Crippen LogP) is 4.47. The second kappa shape index (κ2) is 9.28. The van der Waals surface area contributed by atoms with Gasteiger partial charge in [-0.2, -0.15) is 12.7 Å². The zero-order valence-corrected chi connectivity index (χ0v) is 21.6. The number of carboxylic acids is 1. The number of nitrogens with zero attached hydrogens (tertiary/aromatic N) is 2. The van der Waals surface area contributed by atoms with E-state index in [9.17, 15) is 23.1 Å². The van der Waals surface area contributed by atoms with Crippen molar-refractivity contribution < 1.29 is 27.5 Å². The van der Waals surface area contributed by atoms with Crippen molar-refractivity contribution in [2.45, 2.75) is 31.1 Å². The van der Waals surface area contributed by atoms with Gasteiger partial charge in [0.15, 0.2) is 11.6 Å². The second-order valence-corrected chi connectivity index (χ2v) is 11.7. The normalized spacial score (nSPS) is 16.8. The Morgan fingerprint density at radius 1 is 1.03 bits per heavy atom. The van der Waals surface area contributed by atoms with Gasteiger partial charge >= 0.3 is 16.2 Å². The highest BCUT2D eigenvalue weighted by atomic mass is 32.2. The maximum absolute atomic E-state index is 15.4. The molecule has 3 N–H and O–H groups in total. The molecule has 11 heteroatoms. The monoisotopic (exact) mass is 548 g/mol. The van der Waals surface area contributed by atoms with Gasteiger partial charge in [-0.1, -0.05) is 30.3 Å². The number of fused-ring (bicyclic) bond motifs is 1. The summed E-state index contributed by atoms with van der Waals surface area (Å²) in [5.41, 5.74) is 1.51. The highest BCUT2D eigenvalue weighted by molar-refractivity contribution is 7.90. The van der Waals surface area contributed by atoms with Gasteiger partial charge in [-0.25, -0.2) is 9.37 Å². The van der Waals surface area contributed by atoms with E-state index in [2.05, 4.69) is 14.7 Å². The maximum atomic E-state index is 15.4. The fraction of sp³-hybridized carbons (Fsp3) is 0.250. The number of carbonyl (C=O) groups is 2. The van der Waals surface area contributed by atoms with Crippen LogP contribution in [0.2, 0.25) is 0 Å². The van der Waals surface area contributed by atoms with Crippen LogP contribution in [0.5, 0.6) is 0 Å². The van der Waals surface area contributed by atoms with Crippen LogP contribution in [0.1, 0.15) is 47.2 Å². The Morgan fingerprint density at radius 3 is 2.41 bits per heavy atom. The summed E-state index contributed by atoms with van der Waals surface area (Å²) in [6.07, 6.45) is 5.80. The first-order valence-corrected chi connectivity index (χ1v) is 14.1. The molecule has 2 aromatic carbocycles. The Hall–Kier alpha value is -4.09. The summed E-state index contributed by atoms with van der Waals surface area (Å²) in [5, 5.41) is 10.0. The molecule has 1 aliphatic carbocycles. The van der Waals surface area contributed by atoms with Crippen LogP contribution in [-0.2, 0) is 20.4 Å². The van der Waals surface area contributed by atoms with E-state index in [-0.39, 0.29) is 16.8 Å². The summed E-state index contributed by atoms with van der Waals surface area (Å²) in [7, 11) is -3.93. The van der Waals surface area contributed by atoms with Crippen LogP contribution in [0.3, 0.4) is 0 Å². The Kier molecular flexibility index (Phi) is 6.00. The molecule has 2 fully saturated rings. The van der Waals surface area contributed by atoms with Crippen molar-refractivity contribution in [3.05, 3.63) is 83.4 Å². The molecule has 2 aromatic heterocycles. The number of aliphatic carboxylic acids is 1. The number of benzene rings is 2. The molecule has 1 aliphatic heterocycles. The van der Waals surface area contributed by atoms with E-state index < -0.39 is 33.2 Å². The first kappa shape index (κ1) is 25.2. The minimum Gasteiger partial charge on any atom is -0.481 e. The molecule has 9 nitrogen and oxygen atoms in total. The van der Waals surface area contributed by atoms with Crippen molar-refractivity contribution in [3.8, 4) is 11.1 Å². The molecule has 0 amide bonds. The number of ketones is 1. The van der Waals surface area contributed by atoms with E-state index >= 15 is 4.39 Å². The van der Waals surface area contributed by atoms with Crippen molar-refractivity contribution in [2.24, 2.45) is 0 Å². The fourth-order valence-electron chi connectivity index (χ4n) is 5.15. The van der Waals surface area contributed by atoms with Gasteiger partial charge in [-0.15, -0.1) is 0 Å². The number of carbonyl (C=O) groups excluding carboxylic acids is 1. The molecule has 1 saturated heterocycles. The Morgan fingerprint density at radius 2 is 1.74 bits per heavy atom. The maximum Gasteiger partial charge on any atom is 0.314 e. The van der Waals surface area contributed by atoms with Gasteiger partial charge in [-0.3, -0.25) is 14.3 Å². The third kappa shape index (κ3) is 4.37. The van der Waals surface area contributed by atoms with Crippen molar-refractivity contribution in [1.29, 1.82) is 0 Å². The Bertz CT molecular complexity index is 1720. The summed E-state index contributed by atoms with van der Waals surface area (Å²) in [5.74, 6) is -2.40. The van der Waals surface area contributed by atoms with Crippen LogP contribution in [0.15, 0.2) is 60.9 Å². The number of aromatic amines is 1. The summed E-state index contributed by atoms with van der Waals surface area (Å²) in [6.45, 7) is 0.729. The van der Waals surface area contributed by atoms with Gasteiger partial charge in [0.25, 0.3) is 0 Å². The van der Waals surface area contributed by atoms with Crippen molar-refractivity contribution in [3.63, 3.8) is 0 Å². The summed E-state index contributed by atoms with van der Waals surface area (Å²) in [4.78, 5) is 32.4. The number of aromatic nitrogens is 2. The summed E-state index contributed by atoms with van der Waals surface area (Å²) < 4.78 is 44.3. The van der Waals surface area contributed by atoms with E-state index in [0.717, 1.165) is 24.0 Å². The number of halogens is 1. The molecule has 0 spiro atoms. The molecular weight excluding hydrogens is 523 g/mol. The van der Waals surface area contributed by atoms with E-state index in [0.29, 0.717) is 42.5 Å². The van der Waals surface area contributed by atoms with E-state index in [1.165, 1.54) is 28.7 Å². The number of rotatable bonds is 8. The molecule has 0 unspecified atom stereocenters. The molecule has 1 saturated carbocycles. The quantitative estimate of drug-likeness (QED) is 0.278. The fourth-order valence-corrected chi connectivity index (χ4v) is 6.45. The van der Waals surface area contributed by atoms with Gasteiger partial charge in [-0.05, 0) is 55.0 Å². The van der Waals surface area contributed by atoms with E-state index in [1.54, 1.807) is 24.4 Å². The minimum atomic E-state index is -3.93. The first-order chi connectivity index (χ1) is 18.7. The Balaban J connectivity index is 1.31. The number of anilines is 1. The highest BCUT2D eigenvalue weighted by Crippen LogP contribution is 2.48. The Labute approximate surface area is 223 Å². The van der Waals surface area contributed by atoms with Gasteiger partial charge in [0, 0.05) is 42.0 Å². The molecule has 0 bridgehead atoms. The lowest BCUT2D eigenvalue weighted by Gasteiger charge is -2.17. The molecule has 0 radical (unpaired) electrons. The van der Waals surface area contributed by atoms with Crippen LogP contribution in [0.25, 0.3) is 22.2 Å². The number of carboxylic acid groups (broad SMARTS) is 1. The SMILES string of the molecule is O=C(c1cccc(NS(=O)(=O)N2CCCC2)c1F)c1c[nH]c2ncc(-c3ccc(C4(C(=O)O)CC4)cc3)cc12. The molecule has 39 heavy (non-hydrogen) atoms. The van der Waals surface area contributed by atoms with Crippen molar-refractivity contribution in [2.75, 3.05) is 17.8 Å². The molecular formula is C28H25FN4O5S. The first-order valence-electron chi connectivity index (χ1n) is 12.6. The lowest BCUT2D eigenvalue weighted by atomic mass is 9.94. The molecule has 200 valence electrons. The van der Waals surface area contributed by atoms with Gasteiger partial charge < -0.3 is 10.1 Å². The van der Waals surface area contributed by atoms with Crippen LogP contribution in [0.4, 0.5) is 10.1 Å². The number of nitrogens with one attached hydrogen (secondary N) is 2. The summed E-state index contributed by atoms with van der Waals surface area (Å²) >= 11 is 0. The van der Waals surface area contributed by atoms with E-state index in [4.69, 9.17) is 0 Å². The number of hydrogen-bond donors (Lipinski definition) is 3. The van der Waals surface area contributed by atoms with Crippen LogP contribution in [-0.4, -0.2) is 52.6 Å². The van der Waals surface area contributed by atoms with Gasteiger partial charge in [0.05, 0.1) is 16.7 Å². The van der Waals surface area contributed by atoms with Crippen LogP contribution in [0, 0.1) is 5.82 Å². The largest absolute Gasteiger partial charge is 0.481 e. The molecule has 3 heterocycles. The number of hydrogen-bond acceptors (Lipinski definition) is 5. The van der Waals surface area contributed by atoms with Crippen molar-refractivity contribution >= 4 is 38.7 Å². The third-order valence-corrected chi connectivity index (χ3v) is 9.12. The number of H-pyrrole nitrogens is 1. The molecule has 2 aliphatic rings. The molecule has 6 rings (SSSR count). The topological polar surface area (TPSA) is 132 Å². The van der Waals surface area contributed by atoms with Crippen LogP contribution >= 0.6 is 0 Å². The number of pyridine rings is 1. The van der Waals surface area contributed by atoms with E-state index in [1.807, 2.05) is 12.1 Å². The lowest BCUT2D eigenvalue weighted by molar-refractivity contribution is -0.140. The average Bonchev–Trinajstić information content (AvgIpc) is 3.34. The van der Waals surface area contributed by atoms with Crippen molar-refractivity contribution in [1.82, 2.24) is 14.3 Å². The minimum absolute atomic E-state index is 0.192. The van der Waals surface area contributed by atoms with Crippen LogP contribution < -0.4 is 4.72 Å². The molecule has 4 aromatic rings. The second-order valence-electron chi connectivity index (χ2n) is 10.00. The molecule has 0 atom stereocenters. The smallest absolute Gasteiger partial charge is 0.314 e. The zero-order chi connectivity index (χ0) is 27.4.